The fourth-order valence-electron chi connectivity index (χ4n) is 2.39. The van der Waals surface area contributed by atoms with Crippen LogP contribution in [0.2, 0.25) is 10.0 Å². The molecule has 0 saturated heterocycles. The van der Waals surface area contributed by atoms with Gasteiger partial charge in [0, 0.05) is 17.1 Å². The van der Waals surface area contributed by atoms with E-state index in [0.29, 0.717) is 12.8 Å². The number of hydrogen-bond donors (Lipinski definition) is 2. The van der Waals surface area contributed by atoms with Crippen LogP contribution in [0.25, 0.3) is 0 Å². The molecule has 1 amide bonds. The number of benzene rings is 1. The number of carbonyl (C=O) groups is 2. The van der Waals surface area contributed by atoms with Gasteiger partial charge in [-0.3, -0.25) is 9.59 Å². The SMILES string of the molecule is O=C(O)C1CCC1C(=O)NCc1cc(Cl)cc(Cl)c1OC(F)F. The number of carbonyl (C=O) groups excluding carboxylic acids is 1. The molecule has 5 nitrogen and oxygen atoms in total. The van der Waals surface area contributed by atoms with Gasteiger partial charge in [0.15, 0.2) is 0 Å². The number of aliphatic carboxylic acids is 1. The fourth-order valence-corrected chi connectivity index (χ4v) is 2.97. The number of nitrogens with one attached hydrogen (secondary N) is 1. The van der Waals surface area contributed by atoms with Gasteiger partial charge >= 0.3 is 12.6 Å². The number of rotatable bonds is 6. The quantitative estimate of drug-likeness (QED) is 0.808. The molecular formula is C14H13Cl2F2NO4. The van der Waals surface area contributed by atoms with Gasteiger partial charge in [-0.2, -0.15) is 8.78 Å². The monoisotopic (exact) mass is 367 g/mol. The largest absolute Gasteiger partial charge is 0.481 e. The Balaban J connectivity index is 2.08. The molecule has 0 bridgehead atoms. The summed E-state index contributed by atoms with van der Waals surface area (Å²) >= 11 is 11.6. The molecule has 2 unspecified atom stereocenters. The van der Waals surface area contributed by atoms with Gasteiger partial charge in [0.1, 0.15) is 5.75 Å². The standard InChI is InChI=1S/C14H13Cl2F2NO4/c15-7-3-6(11(10(16)4-7)23-14(17)18)5-19-12(20)8-1-2-9(8)13(21)22/h3-4,8-9,14H,1-2,5H2,(H,19,20)(H,21,22). The second kappa shape index (κ2) is 7.31. The van der Waals surface area contributed by atoms with Gasteiger partial charge in [-0.15, -0.1) is 0 Å². The maximum absolute atomic E-state index is 12.4. The van der Waals surface area contributed by atoms with Crippen molar-refractivity contribution in [1.82, 2.24) is 5.32 Å². The van der Waals surface area contributed by atoms with Crippen molar-refractivity contribution in [3.05, 3.63) is 27.7 Å². The molecule has 0 radical (unpaired) electrons. The van der Waals surface area contributed by atoms with E-state index >= 15 is 0 Å². The van der Waals surface area contributed by atoms with Crippen LogP contribution in [-0.4, -0.2) is 23.6 Å². The average molecular weight is 368 g/mol. The number of carboxylic acid groups (broad SMARTS) is 1. The van der Waals surface area contributed by atoms with Crippen molar-refractivity contribution in [3.63, 3.8) is 0 Å². The molecule has 0 aliphatic heterocycles. The lowest BCUT2D eigenvalue weighted by Gasteiger charge is -2.32. The lowest BCUT2D eigenvalue weighted by molar-refractivity contribution is -0.152. The van der Waals surface area contributed by atoms with Crippen molar-refractivity contribution in [2.45, 2.75) is 26.0 Å². The van der Waals surface area contributed by atoms with E-state index < -0.39 is 30.3 Å². The molecule has 2 rings (SSSR count). The molecular weight excluding hydrogens is 355 g/mol. The Bertz CT molecular complexity index is 627. The van der Waals surface area contributed by atoms with Crippen molar-refractivity contribution < 1.29 is 28.2 Å². The van der Waals surface area contributed by atoms with E-state index in [1.165, 1.54) is 12.1 Å². The Hall–Kier alpha value is -1.60. The normalized spacial score (nSPS) is 20.0. The Morgan fingerprint density at radius 1 is 1.30 bits per heavy atom. The third kappa shape index (κ3) is 4.23. The summed E-state index contributed by atoms with van der Waals surface area (Å²) in [6.07, 6.45) is 0.912. The van der Waals surface area contributed by atoms with Crippen LogP contribution in [0.15, 0.2) is 12.1 Å². The van der Waals surface area contributed by atoms with E-state index in [9.17, 15) is 18.4 Å². The second-order valence-electron chi connectivity index (χ2n) is 5.10. The first kappa shape index (κ1) is 17.7. The third-order valence-electron chi connectivity index (χ3n) is 3.67. The lowest BCUT2D eigenvalue weighted by Crippen LogP contribution is -2.43. The number of amides is 1. The first-order chi connectivity index (χ1) is 10.8. The van der Waals surface area contributed by atoms with Crippen molar-refractivity contribution >= 4 is 35.1 Å². The first-order valence-electron chi connectivity index (χ1n) is 6.73. The summed E-state index contributed by atoms with van der Waals surface area (Å²) in [5, 5.41) is 11.5. The minimum atomic E-state index is -3.08. The van der Waals surface area contributed by atoms with Crippen molar-refractivity contribution in [1.29, 1.82) is 0 Å². The number of hydrogen-bond acceptors (Lipinski definition) is 3. The molecule has 0 heterocycles. The van der Waals surface area contributed by atoms with Gasteiger partial charge in [-0.1, -0.05) is 23.2 Å². The van der Waals surface area contributed by atoms with Gasteiger partial charge in [0.25, 0.3) is 0 Å². The zero-order chi connectivity index (χ0) is 17.1. The molecule has 1 aliphatic carbocycles. The van der Waals surface area contributed by atoms with Crippen molar-refractivity contribution in [3.8, 4) is 5.75 Å². The summed E-state index contributed by atoms with van der Waals surface area (Å²) in [5.74, 6) is -3.09. The van der Waals surface area contributed by atoms with Crippen LogP contribution < -0.4 is 10.1 Å². The van der Waals surface area contributed by atoms with Crippen LogP contribution in [0.4, 0.5) is 8.78 Å². The third-order valence-corrected chi connectivity index (χ3v) is 4.17. The van der Waals surface area contributed by atoms with E-state index in [-0.39, 0.29) is 27.9 Å². The van der Waals surface area contributed by atoms with Crippen LogP contribution in [0.5, 0.6) is 5.75 Å². The maximum atomic E-state index is 12.4. The minimum Gasteiger partial charge on any atom is -0.481 e. The highest BCUT2D eigenvalue weighted by atomic mass is 35.5. The summed E-state index contributed by atoms with van der Waals surface area (Å²) < 4.78 is 29.2. The van der Waals surface area contributed by atoms with Gasteiger partial charge in [0.05, 0.1) is 16.9 Å². The van der Waals surface area contributed by atoms with Gasteiger partial charge in [-0.05, 0) is 25.0 Å². The summed E-state index contributed by atoms with van der Waals surface area (Å²) in [7, 11) is 0. The topological polar surface area (TPSA) is 75.6 Å². The van der Waals surface area contributed by atoms with Crippen LogP contribution in [0, 0.1) is 11.8 Å². The van der Waals surface area contributed by atoms with Gasteiger partial charge in [-0.25, -0.2) is 0 Å². The highest BCUT2D eigenvalue weighted by molar-refractivity contribution is 6.35. The highest BCUT2D eigenvalue weighted by Crippen LogP contribution is 2.36. The van der Waals surface area contributed by atoms with Crippen LogP contribution >= 0.6 is 23.2 Å². The second-order valence-corrected chi connectivity index (χ2v) is 5.94. The fraction of sp³-hybridized carbons (Fsp3) is 0.429. The van der Waals surface area contributed by atoms with Gasteiger partial charge < -0.3 is 15.2 Å². The zero-order valence-corrected chi connectivity index (χ0v) is 13.2. The van der Waals surface area contributed by atoms with Crippen LogP contribution in [0.3, 0.4) is 0 Å². The molecule has 2 atom stereocenters. The van der Waals surface area contributed by atoms with E-state index in [2.05, 4.69) is 10.1 Å². The first-order valence-corrected chi connectivity index (χ1v) is 7.48. The summed E-state index contributed by atoms with van der Waals surface area (Å²) in [6, 6.07) is 2.60. The number of halogens is 4. The maximum Gasteiger partial charge on any atom is 0.387 e. The molecule has 2 N–H and O–H groups in total. The summed E-state index contributed by atoms with van der Waals surface area (Å²) in [5.41, 5.74) is 0.183. The highest BCUT2D eigenvalue weighted by Gasteiger charge is 2.41. The molecule has 23 heavy (non-hydrogen) atoms. The Morgan fingerprint density at radius 3 is 2.48 bits per heavy atom. The molecule has 126 valence electrons. The van der Waals surface area contributed by atoms with Crippen molar-refractivity contribution in [2.75, 3.05) is 0 Å². The van der Waals surface area contributed by atoms with E-state index in [0.717, 1.165) is 0 Å². The van der Waals surface area contributed by atoms with Gasteiger partial charge in [0.2, 0.25) is 5.91 Å². The molecule has 1 aliphatic rings. The Labute approximate surface area is 140 Å². The predicted molar refractivity (Wildman–Crippen MR) is 78.8 cm³/mol. The summed E-state index contributed by atoms with van der Waals surface area (Å²) in [4.78, 5) is 22.9. The van der Waals surface area contributed by atoms with Crippen LogP contribution in [0.1, 0.15) is 18.4 Å². The van der Waals surface area contributed by atoms with E-state index in [4.69, 9.17) is 28.3 Å². The number of ether oxygens (including phenoxy) is 1. The number of carboxylic acids is 1. The number of alkyl halides is 2. The molecule has 0 aromatic heterocycles. The molecule has 1 fully saturated rings. The predicted octanol–water partition coefficient (Wildman–Crippen LogP) is 3.32. The van der Waals surface area contributed by atoms with Crippen LogP contribution in [-0.2, 0) is 16.1 Å². The minimum absolute atomic E-state index is 0.103. The van der Waals surface area contributed by atoms with Crippen molar-refractivity contribution in [2.24, 2.45) is 11.8 Å². The Kier molecular flexibility index (Phi) is 5.64. The smallest absolute Gasteiger partial charge is 0.387 e. The average Bonchev–Trinajstić information content (AvgIpc) is 2.37. The summed E-state index contributed by atoms with van der Waals surface area (Å²) in [6.45, 7) is -3.23. The zero-order valence-electron chi connectivity index (χ0n) is 11.7. The molecule has 9 heteroatoms. The Morgan fingerprint density at radius 2 is 1.96 bits per heavy atom. The van der Waals surface area contributed by atoms with E-state index in [1.807, 2.05) is 0 Å². The van der Waals surface area contributed by atoms with E-state index in [1.54, 1.807) is 0 Å². The molecule has 0 spiro atoms. The molecule has 1 aromatic carbocycles. The molecule has 1 aromatic rings. The molecule has 1 saturated carbocycles. The lowest BCUT2D eigenvalue weighted by atomic mass is 9.73.